The molecule has 0 aliphatic carbocycles. The van der Waals surface area contributed by atoms with Crippen LogP contribution in [0.1, 0.15) is 31.2 Å². The molecule has 0 amide bonds. The second-order valence-electron chi connectivity index (χ2n) is 5.58. The fourth-order valence-corrected chi connectivity index (χ4v) is 3.01. The molecular formula is C16H23NO2. The van der Waals surface area contributed by atoms with Gasteiger partial charge in [-0.3, -0.25) is 0 Å². The lowest BCUT2D eigenvalue weighted by atomic mass is 9.93. The molecule has 1 aromatic carbocycles. The second-order valence-corrected chi connectivity index (χ2v) is 5.58. The summed E-state index contributed by atoms with van der Waals surface area (Å²) in [6.07, 6.45) is 6.49. The van der Waals surface area contributed by atoms with Gasteiger partial charge in [-0.25, -0.2) is 0 Å². The summed E-state index contributed by atoms with van der Waals surface area (Å²) < 4.78 is 11.2. The molecule has 3 nitrogen and oxygen atoms in total. The molecule has 0 radical (unpaired) electrons. The van der Waals surface area contributed by atoms with Gasteiger partial charge in [-0.05, 0) is 68.8 Å². The van der Waals surface area contributed by atoms with Crippen LogP contribution in [0.15, 0.2) is 18.2 Å². The molecule has 1 N–H and O–H groups in total. The van der Waals surface area contributed by atoms with Crippen LogP contribution in [0.5, 0.6) is 11.5 Å². The summed E-state index contributed by atoms with van der Waals surface area (Å²) in [5.41, 5.74) is 1.37. The molecule has 0 aromatic heterocycles. The highest BCUT2D eigenvalue weighted by atomic mass is 16.6. The van der Waals surface area contributed by atoms with Gasteiger partial charge in [0.25, 0.3) is 0 Å². The fraction of sp³-hybridized carbons (Fsp3) is 0.625. The molecule has 1 aromatic rings. The van der Waals surface area contributed by atoms with Crippen LogP contribution in [-0.2, 0) is 6.42 Å². The first-order chi connectivity index (χ1) is 9.42. The highest BCUT2D eigenvalue weighted by Crippen LogP contribution is 2.31. The lowest BCUT2D eigenvalue weighted by molar-refractivity contribution is 0.171. The van der Waals surface area contributed by atoms with Gasteiger partial charge in [0.15, 0.2) is 11.5 Å². The molecule has 0 saturated carbocycles. The van der Waals surface area contributed by atoms with E-state index in [0.717, 1.165) is 23.8 Å². The van der Waals surface area contributed by atoms with Crippen molar-refractivity contribution in [2.45, 2.75) is 32.1 Å². The lowest BCUT2D eigenvalue weighted by Gasteiger charge is -2.22. The van der Waals surface area contributed by atoms with E-state index in [1.807, 2.05) is 6.07 Å². The van der Waals surface area contributed by atoms with Gasteiger partial charge in [0, 0.05) is 0 Å². The number of hydrogen-bond donors (Lipinski definition) is 1. The molecule has 1 atom stereocenters. The molecule has 1 fully saturated rings. The number of fused-ring (bicyclic) bond motifs is 1. The van der Waals surface area contributed by atoms with E-state index in [0.29, 0.717) is 13.2 Å². The van der Waals surface area contributed by atoms with Crippen molar-refractivity contribution in [2.24, 2.45) is 5.92 Å². The van der Waals surface area contributed by atoms with E-state index in [1.54, 1.807) is 0 Å². The third kappa shape index (κ3) is 3.41. The Hall–Kier alpha value is -1.22. The van der Waals surface area contributed by atoms with E-state index in [9.17, 15) is 0 Å². The molecular weight excluding hydrogens is 238 g/mol. The minimum Gasteiger partial charge on any atom is -0.486 e. The topological polar surface area (TPSA) is 30.5 Å². The molecule has 0 bridgehead atoms. The van der Waals surface area contributed by atoms with Gasteiger partial charge in [-0.1, -0.05) is 6.07 Å². The molecule has 0 spiro atoms. The minimum absolute atomic E-state index is 0.668. The molecule has 2 heterocycles. The second kappa shape index (κ2) is 6.29. The summed E-state index contributed by atoms with van der Waals surface area (Å²) in [6, 6.07) is 6.37. The van der Waals surface area contributed by atoms with E-state index in [1.165, 1.54) is 44.3 Å². The molecule has 19 heavy (non-hydrogen) atoms. The van der Waals surface area contributed by atoms with E-state index in [-0.39, 0.29) is 0 Å². The van der Waals surface area contributed by atoms with Crippen molar-refractivity contribution in [3.05, 3.63) is 23.8 Å². The standard InChI is InChI=1S/C16H23NO2/c1(4-14-5-2-8-17-12-14)3-13-6-7-15-16(11-13)19-10-9-18-15/h6-7,11,14,17H,1-5,8-10,12H2. The van der Waals surface area contributed by atoms with Crippen molar-refractivity contribution in [1.82, 2.24) is 5.32 Å². The van der Waals surface area contributed by atoms with E-state index in [4.69, 9.17) is 9.47 Å². The minimum atomic E-state index is 0.668. The average molecular weight is 261 g/mol. The Labute approximate surface area is 115 Å². The maximum absolute atomic E-state index is 5.63. The van der Waals surface area contributed by atoms with Crippen LogP contribution < -0.4 is 14.8 Å². The maximum atomic E-state index is 5.63. The number of rotatable bonds is 4. The van der Waals surface area contributed by atoms with Gasteiger partial charge < -0.3 is 14.8 Å². The largest absolute Gasteiger partial charge is 0.486 e. The predicted molar refractivity (Wildman–Crippen MR) is 76.0 cm³/mol. The Kier molecular flexibility index (Phi) is 4.23. The van der Waals surface area contributed by atoms with Crippen molar-refractivity contribution in [3.8, 4) is 11.5 Å². The fourth-order valence-electron chi connectivity index (χ4n) is 3.01. The van der Waals surface area contributed by atoms with Crippen molar-refractivity contribution < 1.29 is 9.47 Å². The Bertz CT molecular complexity index is 413. The average Bonchev–Trinajstić information content (AvgIpc) is 2.48. The molecule has 3 heteroatoms. The van der Waals surface area contributed by atoms with Crippen molar-refractivity contribution in [1.29, 1.82) is 0 Å². The van der Waals surface area contributed by atoms with Gasteiger partial charge in [0.2, 0.25) is 0 Å². The SMILES string of the molecule is c1cc2c(cc1CCCC1CCCNC1)OCCO2. The summed E-state index contributed by atoms with van der Waals surface area (Å²) in [4.78, 5) is 0. The molecule has 1 saturated heterocycles. The number of piperidine rings is 1. The summed E-state index contributed by atoms with van der Waals surface area (Å²) in [5, 5.41) is 3.49. The number of ether oxygens (including phenoxy) is 2. The lowest BCUT2D eigenvalue weighted by Crippen LogP contribution is -2.29. The quantitative estimate of drug-likeness (QED) is 0.904. The van der Waals surface area contributed by atoms with Crippen LogP contribution in [0.4, 0.5) is 0 Å². The summed E-state index contributed by atoms with van der Waals surface area (Å²) in [5.74, 6) is 2.69. The first-order valence-electron chi connectivity index (χ1n) is 7.51. The molecule has 3 rings (SSSR count). The van der Waals surface area contributed by atoms with Crippen LogP contribution >= 0.6 is 0 Å². The predicted octanol–water partition coefficient (Wildman–Crippen LogP) is 2.78. The highest BCUT2D eigenvalue weighted by Gasteiger charge is 2.14. The van der Waals surface area contributed by atoms with E-state index < -0.39 is 0 Å². The molecule has 104 valence electrons. The third-order valence-corrected chi connectivity index (χ3v) is 4.08. The normalized spacial score (nSPS) is 22.2. The van der Waals surface area contributed by atoms with Crippen LogP contribution in [0.2, 0.25) is 0 Å². The number of aryl methyl sites for hydroxylation is 1. The van der Waals surface area contributed by atoms with Crippen molar-refractivity contribution >= 4 is 0 Å². The third-order valence-electron chi connectivity index (χ3n) is 4.08. The monoisotopic (exact) mass is 261 g/mol. The Morgan fingerprint density at radius 1 is 1.16 bits per heavy atom. The maximum Gasteiger partial charge on any atom is 0.161 e. The van der Waals surface area contributed by atoms with Gasteiger partial charge >= 0.3 is 0 Å². The molecule has 1 unspecified atom stereocenters. The summed E-state index contributed by atoms with van der Waals surface area (Å²) >= 11 is 0. The van der Waals surface area contributed by atoms with Gasteiger partial charge in [-0.2, -0.15) is 0 Å². The Morgan fingerprint density at radius 2 is 2.05 bits per heavy atom. The smallest absolute Gasteiger partial charge is 0.161 e. The van der Waals surface area contributed by atoms with E-state index in [2.05, 4.69) is 17.4 Å². The van der Waals surface area contributed by atoms with Crippen LogP contribution in [0, 0.1) is 5.92 Å². The highest BCUT2D eigenvalue weighted by molar-refractivity contribution is 5.43. The number of nitrogens with one attached hydrogen (secondary N) is 1. The first-order valence-corrected chi connectivity index (χ1v) is 7.51. The van der Waals surface area contributed by atoms with Crippen LogP contribution in [-0.4, -0.2) is 26.3 Å². The summed E-state index contributed by atoms with van der Waals surface area (Å²) in [6.45, 7) is 3.75. The first kappa shape index (κ1) is 12.8. The zero-order valence-corrected chi connectivity index (χ0v) is 11.5. The summed E-state index contributed by atoms with van der Waals surface area (Å²) in [7, 11) is 0. The van der Waals surface area contributed by atoms with Gasteiger partial charge in [0.05, 0.1) is 0 Å². The molecule has 2 aliphatic heterocycles. The Balaban J connectivity index is 1.49. The molecule has 2 aliphatic rings. The van der Waals surface area contributed by atoms with Crippen LogP contribution in [0.3, 0.4) is 0 Å². The van der Waals surface area contributed by atoms with E-state index >= 15 is 0 Å². The van der Waals surface area contributed by atoms with Crippen molar-refractivity contribution in [3.63, 3.8) is 0 Å². The number of benzene rings is 1. The Morgan fingerprint density at radius 3 is 2.89 bits per heavy atom. The van der Waals surface area contributed by atoms with Gasteiger partial charge in [0.1, 0.15) is 13.2 Å². The van der Waals surface area contributed by atoms with Crippen LogP contribution in [0.25, 0.3) is 0 Å². The zero-order chi connectivity index (χ0) is 12.9. The zero-order valence-electron chi connectivity index (χ0n) is 11.5. The number of hydrogen-bond acceptors (Lipinski definition) is 3. The van der Waals surface area contributed by atoms with Gasteiger partial charge in [-0.15, -0.1) is 0 Å². The van der Waals surface area contributed by atoms with Crippen molar-refractivity contribution in [2.75, 3.05) is 26.3 Å².